The van der Waals surface area contributed by atoms with Crippen molar-refractivity contribution in [2.75, 3.05) is 0 Å². The predicted molar refractivity (Wildman–Crippen MR) is 46.2 cm³/mol. The van der Waals surface area contributed by atoms with Crippen LogP contribution in [0.1, 0.15) is 25.5 Å². The molecule has 0 aliphatic carbocycles. The Morgan fingerprint density at radius 3 is 2.67 bits per heavy atom. The molecule has 12 heavy (non-hydrogen) atoms. The minimum atomic E-state index is 0. The van der Waals surface area contributed by atoms with Crippen molar-refractivity contribution in [1.82, 2.24) is 0 Å². The highest BCUT2D eigenvalue weighted by Crippen LogP contribution is 1.97. The molecular weight excluding hydrogens is 153 g/mol. The standard InChI is InChI=1S/C10H16N.FH/c1-3-4-7-10-8-5-6-9-11(10)2;/h5-6,8-9H,3-4,7H2,1-2H3;1H/q+1;/p-1. The monoisotopic (exact) mass is 169 g/mol. The van der Waals surface area contributed by atoms with Gasteiger partial charge in [-0.15, -0.1) is 0 Å². The second-order valence-electron chi connectivity index (χ2n) is 2.91. The third-order valence-corrected chi connectivity index (χ3v) is 1.95. The summed E-state index contributed by atoms with van der Waals surface area (Å²) in [5.41, 5.74) is 1.43. The number of hydrogen-bond donors (Lipinski definition) is 0. The van der Waals surface area contributed by atoms with Gasteiger partial charge in [0.05, 0.1) is 0 Å². The summed E-state index contributed by atoms with van der Waals surface area (Å²) >= 11 is 0. The normalized spacial score (nSPS) is 9.17. The summed E-state index contributed by atoms with van der Waals surface area (Å²) in [7, 11) is 2.10. The number of nitrogens with zero attached hydrogens (tertiary/aromatic N) is 1. The number of rotatable bonds is 3. The molecule has 0 saturated heterocycles. The second-order valence-corrected chi connectivity index (χ2v) is 2.91. The molecule has 0 radical (unpaired) electrons. The molecule has 0 aliphatic heterocycles. The topological polar surface area (TPSA) is 3.88 Å². The van der Waals surface area contributed by atoms with Crippen LogP contribution in [0.15, 0.2) is 24.4 Å². The predicted octanol–water partition coefficient (Wildman–Crippen LogP) is -1.14. The van der Waals surface area contributed by atoms with Gasteiger partial charge in [-0.05, 0) is 6.42 Å². The lowest BCUT2D eigenvalue weighted by Gasteiger charge is -1.96. The lowest BCUT2D eigenvalue weighted by molar-refractivity contribution is -0.679. The fraction of sp³-hybridized carbons (Fsp3) is 0.500. The maximum atomic E-state index is 2.23. The molecule has 0 N–H and O–H groups in total. The van der Waals surface area contributed by atoms with Gasteiger partial charge < -0.3 is 4.70 Å². The molecule has 0 atom stereocenters. The molecule has 1 rings (SSSR count). The van der Waals surface area contributed by atoms with E-state index in [1.54, 1.807) is 0 Å². The summed E-state index contributed by atoms with van der Waals surface area (Å²) in [6.07, 6.45) is 5.87. The molecule has 0 bridgehead atoms. The van der Waals surface area contributed by atoms with Crippen LogP contribution in [0.3, 0.4) is 0 Å². The minimum absolute atomic E-state index is 0. The van der Waals surface area contributed by atoms with Crippen molar-refractivity contribution in [2.24, 2.45) is 7.05 Å². The highest BCUT2D eigenvalue weighted by atomic mass is 19.0. The number of halogens is 1. The van der Waals surface area contributed by atoms with E-state index in [4.69, 9.17) is 0 Å². The molecule has 0 saturated carbocycles. The van der Waals surface area contributed by atoms with Gasteiger partial charge in [0.2, 0.25) is 0 Å². The number of pyridine rings is 1. The maximum absolute atomic E-state index is 2.23. The van der Waals surface area contributed by atoms with Gasteiger partial charge in [0.15, 0.2) is 11.9 Å². The maximum Gasteiger partial charge on any atom is 0.181 e. The first-order valence-corrected chi connectivity index (χ1v) is 4.28. The third-order valence-electron chi connectivity index (χ3n) is 1.95. The molecule has 0 aliphatic rings. The number of unbranched alkanes of at least 4 members (excludes halogenated alkanes) is 1. The van der Waals surface area contributed by atoms with E-state index in [-0.39, 0.29) is 4.70 Å². The largest absolute Gasteiger partial charge is 1.00 e. The van der Waals surface area contributed by atoms with E-state index in [1.807, 2.05) is 0 Å². The Bertz CT molecular complexity index is 223. The zero-order valence-corrected chi connectivity index (χ0v) is 7.76. The molecule has 0 unspecified atom stereocenters. The quantitative estimate of drug-likeness (QED) is 0.504. The molecule has 0 fully saturated rings. The molecule has 1 nitrogen and oxygen atoms in total. The molecule has 68 valence electrons. The van der Waals surface area contributed by atoms with Gasteiger partial charge in [0, 0.05) is 18.6 Å². The van der Waals surface area contributed by atoms with Crippen LogP contribution in [0.2, 0.25) is 0 Å². The fourth-order valence-electron chi connectivity index (χ4n) is 1.18. The van der Waals surface area contributed by atoms with E-state index in [1.165, 1.54) is 25.0 Å². The fourth-order valence-corrected chi connectivity index (χ4v) is 1.18. The van der Waals surface area contributed by atoms with Gasteiger partial charge in [-0.2, -0.15) is 0 Å². The lowest BCUT2D eigenvalue weighted by atomic mass is 10.2. The summed E-state index contributed by atoms with van der Waals surface area (Å²) in [6.45, 7) is 2.23. The summed E-state index contributed by atoms with van der Waals surface area (Å²) in [4.78, 5) is 0. The van der Waals surface area contributed by atoms with E-state index >= 15 is 0 Å². The molecule has 2 heteroatoms. The van der Waals surface area contributed by atoms with Gasteiger partial charge in [-0.1, -0.05) is 19.4 Å². The van der Waals surface area contributed by atoms with Crippen LogP contribution >= 0.6 is 0 Å². The Balaban J connectivity index is 0.00000121. The summed E-state index contributed by atoms with van der Waals surface area (Å²) in [5, 5.41) is 0. The molecule has 0 spiro atoms. The van der Waals surface area contributed by atoms with E-state index in [9.17, 15) is 0 Å². The van der Waals surface area contributed by atoms with Crippen molar-refractivity contribution in [1.29, 1.82) is 0 Å². The van der Waals surface area contributed by atoms with E-state index in [0.717, 1.165) is 0 Å². The van der Waals surface area contributed by atoms with Crippen LogP contribution in [0, 0.1) is 0 Å². The molecular formula is C10H16FN. The van der Waals surface area contributed by atoms with E-state index < -0.39 is 0 Å². The second kappa shape index (κ2) is 5.70. The van der Waals surface area contributed by atoms with Gasteiger partial charge in [0.25, 0.3) is 0 Å². The third kappa shape index (κ3) is 2.99. The Labute approximate surface area is 73.4 Å². The van der Waals surface area contributed by atoms with Crippen molar-refractivity contribution >= 4 is 0 Å². The van der Waals surface area contributed by atoms with Crippen LogP contribution < -0.4 is 9.27 Å². The van der Waals surface area contributed by atoms with Crippen molar-refractivity contribution in [3.63, 3.8) is 0 Å². The van der Waals surface area contributed by atoms with Crippen LogP contribution in [0.25, 0.3) is 0 Å². The Morgan fingerprint density at radius 1 is 1.33 bits per heavy atom. The van der Waals surface area contributed by atoms with Crippen molar-refractivity contribution in [3.8, 4) is 0 Å². The molecule has 0 amide bonds. The van der Waals surface area contributed by atoms with Gasteiger partial charge in [-0.25, -0.2) is 4.57 Å². The van der Waals surface area contributed by atoms with E-state index in [2.05, 4.69) is 42.9 Å². The molecule has 1 heterocycles. The van der Waals surface area contributed by atoms with Crippen molar-refractivity contribution < 1.29 is 9.27 Å². The average molecular weight is 169 g/mol. The van der Waals surface area contributed by atoms with Gasteiger partial charge in [0.1, 0.15) is 7.05 Å². The van der Waals surface area contributed by atoms with E-state index in [0.29, 0.717) is 0 Å². The first-order valence-electron chi connectivity index (χ1n) is 4.28. The highest BCUT2D eigenvalue weighted by molar-refractivity contribution is 4.96. The number of aryl methyl sites for hydroxylation is 2. The van der Waals surface area contributed by atoms with Crippen molar-refractivity contribution in [2.45, 2.75) is 26.2 Å². The Kier molecular flexibility index (Phi) is 5.26. The number of hydrogen-bond acceptors (Lipinski definition) is 0. The average Bonchev–Trinajstić information content (AvgIpc) is 2.03. The number of aromatic nitrogens is 1. The summed E-state index contributed by atoms with van der Waals surface area (Å²) in [5.74, 6) is 0. The Morgan fingerprint density at radius 2 is 2.08 bits per heavy atom. The highest BCUT2D eigenvalue weighted by Gasteiger charge is 2.01. The summed E-state index contributed by atoms with van der Waals surface area (Å²) < 4.78 is 2.19. The SMILES string of the molecule is CCCCc1cccc[n+]1C.[F-]. The van der Waals surface area contributed by atoms with Gasteiger partial charge in [-0.3, -0.25) is 0 Å². The van der Waals surface area contributed by atoms with Crippen molar-refractivity contribution in [3.05, 3.63) is 30.1 Å². The van der Waals surface area contributed by atoms with Crippen LogP contribution in [0.5, 0.6) is 0 Å². The van der Waals surface area contributed by atoms with Crippen LogP contribution in [-0.4, -0.2) is 0 Å². The first-order chi connectivity index (χ1) is 5.34. The summed E-state index contributed by atoms with van der Waals surface area (Å²) in [6, 6.07) is 6.36. The van der Waals surface area contributed by atoms with Crippen LogP contribution in [-0.2, 0) is 13.5 Å². The zero-order valence-electron chi connectivity index (χ0n) is 7.76. The lowest BCUT2D eigenvalue weighted by Crippen LogP contribution is -3.00. The first kappa shape index (κ1) is 11.1. The molecule has 1 aromatic rings. The smallest absolute Gasteiger partial charge is 0.181 e. The Hall–Kier alpha value is -0.920. The van der Waals surface area contributed by atoms with Gasteiger partial charge >= 0.3 is 0 Å². The zero-order chi connectivity index (χ0) is 8.10. The van der Waals surface area contributed by atoms with Crippen LogP contribution in [0.4, 0.5) is 0 Å². The molecule has 0 aromatic carbocycles. The minimum Gasteiger partial charge on any atom is -1.00 e. The molecule has 1 aromatic heterocycles.